The van der Waals surface area contributed by atoms with Crippen molar-refractivity contribution in [3.05, 3.63) is 123 Å². The number of aliphatic imine (C=N–C) groups is 2. The fraction of sp³-hybridized carbons (Fsp3) is 0.400. The monoisotopic (exact) mass is 984 g/mol. The van der Waals surface area contributed by atoms with Crippen molar-refractivity contribution in [1.82, 2.24) is 9.80 Å². The van der Waals surface area contributed by atoms with Crippen LogP contribution in [0.15, 0.2) is 99.4 Å². The number of guanidine groups is 2. The summed E-state index contributed by atoms with van der Waals surface area (Å²) in [4.78, 5) is 45.7. The number of carbonyl (C=O) groups excluding carboxylic acids is 2. The Kier molecular flexibility index (Phi) is 12.5. The highest BCUT2D eigenvalue weighted by Gasteiger charge is 2.61. The van der Waals surface area contributed by atoms with E-state index in [1.165, 1.54) is 15.9 Å². The van der Waals surface area contributed by atoms with Crippen LogP contribution in [0.5, 0.6) is 11.5 Å². The third-order valence-corrected chi connectivity index (χ3v) is 13.9. The standard InChI is InChI=1S/C25H26N4O3.C18H22BrN3O3.C7H6BNO2/c1-23(2)14-24(10-11-31-23)15-25(21(30)29(4)22(26)28-25)19-13-17(8-9-20(19)32-24)16-6-5-7-18(12-16)27-3;1-16(2)9-17(6-7-24-16)10-18(14(23)22(3)15(20)21-18)12-8-11(19)4-5-13(12)25-17;1-9-7-4-2-3-6(5-7)8(10)11/h5-9,12-13H,10-11,14-15H2,1-2,4H3,(H2,26,28);4-5,8H,6-7,9-10H2,1-3H3,(H2,20,21);2-5,10-11H. The molecule has 0 radical (unpaired) electrons. The van der Waals surface area contributed by atoms with Crippen LogP contribution in [0.3, 0.4) is 0 Å². The quantitative estimate of drug-likeness (QED) is 0.128. The Labute approximate surface area is 404 Å². The van der Waals surface area contributed by atoms with Crippen molar-refractivity contribution in [2.45, 2.75) is 99.7 Å². The fourth-order valence-electron chi connectivity index (χ4n) is 10.5. The van der Waals surface area contributed by atoms with Gasteiger partial charge in [-0.25, -0.2) is 19.7 Å². The molecular weight excluding hydrogens is 931 g/mol. The third-order valence-electron chi connectivity index (χ3n) is 13.4. The first kappa shape index (κ1) is 48.2. The largest absolute Gasteiger partial charge is 0.487 e. The van der Waals surface area contributed by atoms with Crippen LogP contribution in [0.1, 0.15) is 77.3 Å². The number of fused-ring (bicyclic) bond motifs is 4. The minimum Gasteiger partial charge on any atom is -0.487 e. The summed E-state index contributed by atoms with van der Waals surface area (Å²) in [5.74, 6) is 1.57. The summed E-state index contributed by atoms with van der Waals surface area (Å²) in [6.07, 6.45) is 3.64. The molecule has 18 heteroatoms. The van der Waals surface area contributed by atoms with E-state index < -0.39 is 29.4 Å². The van der Waals surface area contributed by atoms with Crippen LogP contribution in [-0.2, 0) is 30.1 Å². The summed E-state index contributed by atoms with van der Waals surface area (Å²) in [5, 5.41) is 17.4. The van der Waals surface area contributed by atoms with Crippen molar-refractivity contribution in [2.24, 2.45) is 21.5 Å². The Balaban J connectivity index is 0.000000154. The van der Waals surface area contributed by atoms with Gasteiger partial charge < -0.3 is 40.5 Å². The second kappa shape index (κ2) is 17.7. The number of benzene rings is 4. The molecule has 16 nitrogen and oxygen atoms in total. The molecule has 2 fully saturated rings. The summed E-state index contributed by atoms with van der Waals surface area (Å²) in [7, 11) is 1.84. The molecule has 0 aliphatic carbocycles. The maximum absolute atomic E-state index is 13.6. The maximum Gasteiger partial charge on any atom is 0.487 e. The minimum atomic E-state index is -1.49. The van der Waals surface area contributed by atoms with E-state index in [4.69, 9.17) is 58.6 Å². The molecule has 68 heavy (non-hydrogen) atoms. The number of amides is 2. The Morgan fingerprint density at radius 3 is 1.60 bits per heavy atom. The zero-order valence-corrected chi connectivity index (χ0v) is 40.5. The highest BCUT2D eigenvalue weighted by atomic mass is 79.9. The highest BCUT2D eigenvalue weighted by molar-refractivity contribution is 9.10. The minimum absolute atomic E-state index is 0.101. The van der Waals surface area contributed by atoms with E-state index in [2.05, 4.69) is 44.5 Å². The van der Waals surface area contributed by atoms with Crippen molar-refractivity contribution in [2.75, 3.05) is 27.3 Å². The average Bonchev–Trinajstić information content (AvgIpc) is 3.63. The number of ether oxygens (including phenoxy) is 4. The molecule has 6 heterocycles. The van der Waals surface area contributed by atoms with Crippen LogP contribution in [0, 0.1) is 13.1 Å². The predicted octanol–water partition coefficient (Wildman–Crippen LogP) is 6.46. The molecule has 10 rings (SSSR count). The van der Waals surface area contributed by atoms with Gasteiger partial charge in [-0.05, 0) is 80.7 Å². The second-order valence-corrected chi connectivity index (χ2v) is 20.4. The lowest BCUT2D eigenvalue weighted by Crippen LogP contribution is -2.57. The van der Waals surface area contributed by atoms with Crippen molar-refractivity contribution in [1.29, 1.82) is 0 Å². The number of hydrogen-bond acceptors (Lipinski definition) is 12. The topological polar surface area (TPSA) is 203 Å². The van der Waals surface area contributed by atoms with Crippen molar-refractivity contribution in [3.8, 4) is 22.6 Å². The van der Waals surface area contributed by atoms with Crippen molar-refractivity contribution < 1.29 is 38.6 Å². The van der Waals surface area contributed by atoms with Crippen LogP contribution in [-0.4, -0.2) is 100 Å². The van der Waals surface area contributed by atoms with Gasteiger partial charge in [-0.1, -0.05) is 64.5 Å². The van der Waals surface area contributed by atoms with E-state index in [9.17, 15) is 9.59 Å². The number of hydrogen-bond donors (Lipinski definition) is 4. The van der Waals surface area contributed by atoms with E-state index in [1.807, 2.05) is 68.4 Å². The highest BCUT2D eigenvalue weighted by Crippen LogP contribution is 2.55. The number of nitrogens with zero attached hydrogens (tertiary/aromatic N) is 6. The number of rotatable bonds is 2. The summed E-state index contributed by atoms with van der Waals surface area (Å²) in [6.45, 7) is 23.3. The molecule has 6 aliphatic rings. The molecule has 2 saturated heterocycles. The Bertz CT molecular complexity index is 2840. The average molecular weight is 986 g/mol. The molecule has 4 aromatic rings. The van der Waals surface area contributed by atoms with Gasteiger partial charge in [0.25, 0.3) is 11.8 Å². The van der Waals surface area contributed by atoms with Crippen LogP contribution in [0.4, 0.5) is 11.4 Å². The van der Waals surface area contributed by atoms with Gasteiger partial charge in [0.15, 0.2) is 34.4 Å². The predicted molar refractivity (Wildman–Crippen MR) is 261 cm³/mol. The van der Waals surface area contributed by atoms with E-state index in [-0.39, 0.29) is 34.9 Å². The number of halogens is 1. The van der Waals surface area contributed by atoms with Crippen molar-refractivity contribution in [3.63, 3.8) is 0 Å². The normalized spacial score (nSPS) is 27.0. The number of nitrogens with two attached hydrogens (primary N) is 2. The SMILES string of the molecule is CN1C(=O)C2(CC3(CCOC(C)(C)C3)Oc3ccc(Br)cc32)N=C1N.[C-]#[N+]c1cccc(-c2ccc3c(c2)C2(CC4(CCOC(C)(C)C4)O3)N=C(N)N(C)C2=O)c1.[C-]#[N+]c1cccc(B(O)O)c1. The number of carbonyl (C=O) groups is 2. The molecule has 2 amide bonds. The molecule has 352 valence electrons. The van der Waals surface area contributed by atoms with Gasteiger partial charge >= 0.3 is 7.12 Å². The smallest absolute Gasteiger partial charge is 0.487 e. The summed E-state index contributed by atoms with van der Waals surface area (Å²) >= 11 is 3.50. The first-order valence-corrected chi connectivity index (χ1v) is 23.1. The molecule has 0 bridgehead atoms. The lowest BCUT2D eigenvalue weighted by Gasteiger charge is -2.50. The van der Waals surface area contributed by atoms with Gasteiger partial charge in [-0.2, -0.15) is 0 Å². The Morgan fingerprint density at radius 2 is 1.13 bits per heavy atom. The Morgan fingerprint density at radius 1 is 0.662 bits per heavy atom. The molecule has 6 aliphatic heterocycles. The second-order valence-electron chi connectivity index (χ2n) is 19.5. The first-order chi connectivity index (χ1) is 32.1. The molecule has 4 spiro atoms. The molecule has 4 aromatic carbocycles. The first-order valence-electron chi connectivity index (χ1n) is 22.3. The lowest BCUT2D eigenvalue weighted by molar-refractivity contribution is -0.156. The molecule has 6 N–H and O–H groups in total. The fourth-order valence-corrected chi connectivity index (χ4v) is 10.9. The van der Waals surface area contributed by atoms with Crippen molar-refractivity contribution >= 4 is 63.6 Å². The van der Waals surface area contributed by atoms with Crippen LogP contribution in [0.2, 0.25) is 0 Å². The van der Waals surface area contributed by atoms with Gasteiger partial charge in [0.1, 0.15) is 22.7 Å². The molecule has 4 atom stereocenters. The summed E-state index contributed by atoms with van der Waals surface area (Å²) in [5.41, 5.74) is 12.9. The van der Waals surface area contributed by atoms with Crippen LogP contribution >= 0.6 is 15.9 Å². The third kappa shape index (κ3) is 8.95. The summed E-state index contributed by atoms with van der Waals surface area (Å²) in [6, 6.07) is 25.2. The van der Waals surface area contributed by atoms with E-state index in [1.54, 1.807) is 38.4 Å². The summed E-state index contributed by atoms with van der Waals surface area (Å²) < 4.78 is 25.8. The Hall–Kier alpha value is -6.28. The number of likely N-dealkylation sites (N-methyl/N-ethyl adjacent to an activating group) is 2. The lowest BCUT2D eigenvalue weighted by atomic mass is 9.70. The van der Waals surface area contributed by atoms with E-state index in [0.29, 0.717) is 73.7 Å². The molecular formula is C50H54BBrN8O8. The van der Waals surface area contributed by atoms with Gasteiger partial charge in [0.2, 0.25) is 0 Å². The van der Waals surface area contributed by atoms with E-state index in [0.717, 1.165) is 33.1 Å². The molecule has 4 unspecified atom stereocenters. The van der Waals surface area contributed by atoms with Gasteiger partial charge in [0.05, 0.1) is 37.6 Å². The van der Waals surface area contributed by atoms with Gasteiger partial charge in [-0.15, -0.1) is 0 Å². The van der Waals surface area contributed by atoms with Gasteiger partial charge in [-0.3, -0.25) is 19.4 Å². The zero-order valence-electron chi connectivity index (χ0n) is 38.9. The molecule has 0 aromatic heterocycles. The van der Waals surface area contributed by atoms with Gasteiger partial charge in [0, 0.05) is 68.2 Å². The van der Waals surface area contributed by atoms with Crippen LogP contribution in [0.25, 0.3) is 20.8 Å². The van der Waals surface area contributed by atoms with Crippen LogP contribution < -0.4 is 26.4 Å². The zero-order chi connectivity index (χ0) is 49.0. The maximum atomic E-state index is 13.6. The molecule has 0 saturated carbocycles. The van der Waals surface area contributed by atoms with E-state index >= 15 is 0 Å².